The van der Waals surface area contributed by atoms with Gasteiger partial charge < -0.3 is 14.6 Å². The smallest absolute Gasteiger partial charge is 0.257 e. The van der Waals surface area contributed by atoms with E-state index >= 15 is 0 Å². The molecular weight excluding hydrogens is 292 g/mol. The number of fused-ring (bicyclic) bond motifs is 1. The third-order valence-electron chi connectivity index (χ3n) is 4.70. The monoisotopic (exact) mass is 312 g/mol. The van der Waals surface area contributed by atoms with E-state index < -0.39 is 0 Å². The van der Waals surface area contributed by atoms with Crippen molar-refractivity contribution >= 4 is 11.6 Å². The first-order valence-corrected chi connectivity index (χ1v) is 7.82. The van der Waals surface area contributed by atoms with Crippen molar-refractivity contribution in [2.75, 3.05) is 18.9 Å². The van der Waals surface area contributed by atoms with Gasteiger partial charge in [0.2, 0.25) is 0 Å². The molecule has 3 unspecified atom stereocenters. The van der Waals surface area contributed by atoms with Gasteiger partial charge in [0, 0.05) is 25.2 Å². The molecule has 0 aliphatic carbocycles. The van der Waals surface area contributed by atoms with E-state index in [1.165, 1.54) is 0 Å². The number of hydrazine groups is 1. The van der Waals surface area contributed by atoms with E-state index in [9.17, 15) is 4.79 Å². The van der Waals surface area contributed by atoms with Crippen LogP contribution in [0, 0.1) is 12.8 Å². The lowest BCUT2D eigenvalue weighted by molar-refractivity contribution is 0.0678. The molecule has 2 aromatic rings. The van der Waals surface area contributed by atoms with E-state index in [-0.39, 0.29) is 24.0 Å². The Morgan fingerprint density at radius 3 is 2.83 bits per heavy atom. The Balaban J connectivity index is 1.66. The summed E-state index contributed by atoms with van der Waals surface area (Å²) in [4.78, 5) is 14.4. The quantitative estimate of drug-likeness (QED) is 0.790. The number of benzene rings is 1. The summed E-state index contributed by atoms with van der Waals surface area (Å²) in [6.07, 6.45) is -0.102. The third-order valence-corrected chi connectivity index (χ3v) is 4.70. The van der Waals surface area contributed by atoms with E-state index in [1.807, 2.05) is 50.4 Å². The van der Waals surface area contributed by atoms with E-state index in [1.54, 1.807) is 4.90 Å². The number of nitrogens with one attached hydrogen (secondary N) is 3. The van der Waals surface area contributed by atoms with Crippen molar-refractivity contribution in [3.8, 4) is 0 Å². The standard InChI is InChI=1S/C17H20N4O2/c1-10-7-8-14(23-10)15-12(9-18-20-15)16-19-13-6-4-3-5-11(13)17(22)21(16)2/h3-8,12,15-16,18-20H,9H2,1-2H3. The van der Waals surface area contributed by atoms with E-state index in [4.69, 9.17) is 4.42 Å². The normalized spacial score (nSPS) is 27.0. The zero-order valence-electron chi connectivity index (χ0n) is 13.2. The van der Waals surface area contributed by atoms with Gasteiger partial charge in [-0.15, -0.1) is 0 Å². The predicted octanol–water partition coefficient (Wildman–Crippen LogP) is 1.88. The molecule has 2 aliphatic rings. The molecule has 0 radical (unpaired) electrons. The number of amides is 1. The molecule has 0 spiro atoms. The molecule has 3 heterocycles. The molecule has 120 valence electrons. The van der Waals surface area contributed by atoms with Crippen molar-refractivity contribution in [3.05, 3.63) is 53.5 Å². The number of carbonyl (C=O) groups excluding carboxylic acids is 1. The van der Waals surface area contributed by atoms with Crippen molar-refractivity contribution in [1.82, 2.24) is 15.8 Å². The van der Waals surface area contributed by atoms with Gasteiger partial charge in [0.1, 0.15) is 17.7 Å². The Morgan fingerprint density at radius 2 is 2.04 bits per heavy atom. The average molecular weight is 312 g/mol. The Morgan fingerprint density at radius 1 is 1.22 bits per heavy atom. The molecule has 1 aromatic heterocycles. The fourth-order valence-corrected chi connectivity index (χ4v) is 3.47. The zero-order chi connectivity index (χ0) is 16.0. The first-order valence-electron chi connectivity index (χ1n) is 7.82. The first kappa shape index (κ1) is 14.3. The van der Waals surface area contributed by atoms with Gasteiger partial charge in [-0.05, 0) is 31.2 Å². The van der Waals surface area contributed by atoms with Gasteiger partial charge in [-0.2, -0.15) is 0 Å². The number of rotatable bonds is 2. The van der Waals surface area contributed by atoms with Gasteiger partial charge in [0.15, 0.2) is 0 Å². The molecule has 23 heavy (non-hydrogen) atoms. The number of furan rings is 1. The van der Waals surface area contributed by atoms with Crippen LogP contribution in [0.5, 0.6) is 0 Å². The van der Waals surface area contributed by atoms with Gasteiger partial charge in [-0.1, -0.05) is 12.1 Å². The Kier molecular flexibility index (Phi) is 3.36. The van der Waals surface area contributed by atoms with Crippen LogP contribution in [0.1, 0.15) is 27.9 Å². The number of aryl methyl sites for hydroxylation is 1. The van der Waals surface area contributed by atoms with Crippen LogP contribution >= 0.6 is 0 Å². The minimum absolute atomic E-state index is 0.0155. The van der Waals surface area contributed by atoms with Crippen LogP contribution in [0.25, 0.3) is 0 Å². The summed E-state index contributed by atoms with van der Waals surface area (Å²) in [5, 5.41) is 3.51. The zero-order valence-corrected chi connectivity index (χ0v) is 13.2. The van der Waals surface area contributed by atoms with E-state index in [2.05, 4.69) is 16.2 Å². The van der Waals surface area contributed by atoms with Gasteiger partial charge in [-0.25, -0.2) is 5.43 Å². The topological polar surface area (TPSA) is 69.5 Å². The molecule has 6 nitrogen and oxygen atoms in total. The summed E-state index contributed by atoms with van der Waals surface area (Å²) < 4.78 is 5.79. The molecule has 4 rings (SSSR count). The van der Waals surface area contributed by atoms with Gasteiger partial charge in [-0.3, -0.25) is 10.2 Å². The number of anilines is 1. The van der Waals surface area contributed by atoms with E-state index in [0.717, 1.165) is 29.3 Å². The molecule has 1 amide bonds. The second-order valence-corrected chi connectivity index (χ2v) is 6.17. The summed E-state index contributed by atoms with van der Waals surface area (Å²) in [5.41, 5.74) is 8.08. The minimum Gasteiger partial charge on any atom is -0.465 e. The number of carbonyl (C=O) groups is 1. The number of nitrogens with zero attached hydrogens (tertiary/aromatic N) is 1. The Hall–Kier alpha value is -2.31. The molecule has 1 aromatic carbocycles. The minimum atomic E-state index is -0.102. The van der Waals surface area contributed by atoms with Gasteiger partial charge in [0.25, 0.3) is 5.91 Å². The highest BCUT2D eigenvalue weighted by Gasteiger charge is 2.42. The van der Waals surface area contributed by atoms with Crippen LogP contribution in [0.15, 0.2) is 40.8 Å². The highest BCUT2D eigenvalue weighted by atomic mass is 16.3. The summed E-state index contributed by atoms with van der Waals surface area (Å²) >= 11 is 0. The van der Waals surface area contributed by atoms with Crippen molar-refractivity contribution < 1.29 is 9.21 Å². The molecule has 1 saturated heterocycles. The van der Waals surface area contributed by atoms with Crippen LogP contribution in [-0.4, -0.2) is 30.6 Å². The lowest BCUT2D eigenvalue weighted by Gasteiger charge is -2.39. The average Bonchev–Trinajstić information content (AvgIpc) is 3.19. The molecule has 0 bridgehead atoms. The predicted molar refractivity (Wildman–Crippen MR) is 86.8 cm³/mol. The van der Waals surface area contributed by atoms with Crippen molar-refractivity contribution in [2.45, 2.75) is 19.1 Å². The van der Waals surface area contributed by atoms with Crippen molar-refractivity contribution in [1.29, 1.82) is 0 Å². The second-order valence-electron chi connectivity index (χ2n) is 6.17. The fraction of sp³-hybridized carbons (Fsp3) is 0.353. The molecule has 1 fully saturated rings. The molecule has 2 aliphatic heterocycles. The largest absolute Gasteiger partial charge is 0.465 e. The Labute approximate surface area is 134 Å². The van der Waals surface area contributed by atoms with Crippen LogP contribution in [0.2, 0.25) is 0 Å². The molecule has 3 N–H and O–H groups in total. The SMILES string of the molecule is Cc1ccc(C2NNCC2C2Nc3ccccc3C(=O)N2C)o1. The highest BCUT2D eigenvalue weighted by molar-refractivity contribution is 6.01. The number of para-hydroxylation sites is 1. The van der Waals surface area contributed by atoms with Gasteiger partial charge >= 0.3 is 0 Å². The van der Waals surface area contributed by atoms with E-state index in [0.29, 0.717) is 0 Å². The maximum Gasteiger partial charge on any atom is 0.257 e. The van der Waals surface area contributed by atoms with Crippen LogP contribution < -0.4 is 16.2 Å². The lowest BCUT2D eigenvalue weighted by Crippen LogP contribution is -2.52. The summed E-state index contributed by atoms with van der Waals surface area (Å²) in [5.74, 6) is 1.98. The molecule has 3 atom stereocenters. The second kappa shape index (κ2) is 5.40. The molecule has 6 heteroatoms. The number of hydrogen-bond acceptors (Lipinski definition) is 5. The maximum atomic E-state index is 12.7. The number of hydrogen-bond donors (Lipinski definition) is 3. The van der Waals surface area contributed by atoms with Crippen LogP contribution in [0.3, 0.4) is 0 Å². The van der Waals surface area contributed by atoms with Crippen molar-refractivity contribution in [2.24, 2.45) is 5.92 Å². The summed E-state index contributed by atoms with van der Waals surface area (Å²) in [7, 11) is 1.85. The van der Waals surface area contributed by atoms with Crippen LogP contribution in [0.4, 0.5) is 5.69 Å². The fourth-order valence-electron chi connectivity index (χ4n) is 3.47. The van der Waals surface area contributed by atoms with Crippen molar-refractivity contribution in [3.63, 3.8) is 0 Å². The summed E-state index contributed by atoms with van der Waals surface area (Å²) in [6.45, 7) is 2.69. The lowest BCUT2D eigenvalue weighted by atomic mass is 9.93. The van der Waals surface area contributed by atoms with Crippen LogP contribution in [-0.2, 0) is 0 Å². The first-order chi connectivity index (χ1) is 11.1. The summed E-state index contributed by atoms with van der Waals surface area (Å²) in [6, 6.07) is 11.6. The van der Waals surface area contributed by atoms with Gasteiger partial charge in [0.05, 0.1) is 11.6 Å². The Bertz CT molecular complexity index is 742. The maximum absolute atomic E-state index is 12.7. The molecule has 0 saturated carbocycles. The highest BCUT2D eigenvalue weighted by Crippen LogP contribution is 2.34. The molecular formula is C17H20N4O2. The third kappa shape index (κ3) is 2.31.